The van der Waals surface area contributed by atoms with Crippen LogP contribution in [0.25, 0.3) is 0 Å². The molecule has 1 aromatic rings. The van der Waals surface area contributed by atoms with Crippen LogP contribution in [0.5, 0.6) is 0 Å². The molecular weight excluding hydrogens is 322 g/mol. The fraction of sp³-hybridized carbons (Fsp3) is 0.714. The predicted molar refractivity (Wildman–Crippen MR) is 83.5 cm³/mol. The van der Waals surface area contributed by atoms with E-state index in [9.17, 15) is 13.2 Å². The molecule has 2 rings (SSSR count). The van der Waals surface area contributed by atoms with E-state index in [4.69, 9.17) is 9.26 Å². The number of aromatic nitrogens is 1. The molecule has 2 heterocycles. The number of sulfonamides is 1. The molecule has 0 aromatic carbocycles. The van der Waals surface area contributed by atoms with E-state index in [1.165, 1.54) is 0 Å². The third-order valence-electron chi connectivity index (χ3n) is 3.96. The maximum atomic E-state index is 12.6. The van der Waals surface area contributed by atoms with Gasteiger partial charge in [-0.2, -0.15) is 0 Å². The Hall–Kier alpha value is -1.45. The predicted octanol–water partition coefficient (Wildman–Crippen LogP) is 0.399. The van der Waals surface area contributed by atoms with Crippen molar-refractivity contribution in [3.05, 3.63) is 17.5 Å². The van der Waals surface area contributed by atoms with Crippen LogP contribution in [-0.4, -0.2) is 63.0 Å². The summed E-state index contributed by atoms with van der Waals surface area (Å²) in [6.45, 7) is 5.43. The fourth-order valence-corrected chi connectivity index (χ4v) is 3.13. The lowest BCUT2D eigenvalue weighted by atomic mass is 9.97. The lowest BCUT2D eigenvalue weighted by Crippen LogP contribution is -2.43. The molecule has 1 aromatic heterocycles. The van der Waals surface area contributed by atoms with Gasteiger partial charge in [-0.25, -0.2) is 13.1 Å². The van der Waals surface area contributed by atoms with Crippen LogP contribution in [0.3, 0.4) is 0 Å². The van der Waals surface area contributed by atoms with Gasteiger partial charge in [-0.15, -0.1) is 0 Å². The third-order valence-corrected chi connectivity index (χ3v) is 4.69. The first kappa shape index (κ1) is 17.9. The van der Waals surface area contributed by atoms with Crippen molar-refractivity contribution in [1.29, 1.82) is 0 Å². The number of rotatable bonds is 5. The summed E-state index contributed by atoms with van der Waals surface area (Å²) in [4.78, 5) is 14.3. The number of ether oxygens (including phenoxy) is 1. The van der Waals surface area contributed by atoms with E-state index in [1.807, 2.05) is 6.92 Å². The molecule has 0 saturated carbocycles. The Bertz CT molecular complexity index is 643. The molecule has 0 aliphatic carbocycles. The number of hydrogen-bond donors (Lipinski definition) is 1. The molecule has 1 amide bonds. The summed E-state index contributed by atoms with van der Waals surface area (Å²) in [5.41, 5.74) is 0.654. The Morgan fingerprint density at radius 3 is 2.87 bits per heavy atom. The second kappa shape index (κ2) is 7.41. The Morgan fingerprint density at radius 1 is 1.52 bits per heavy atom. The number of aryl methyl sites for hydroxylation is 1. The highest BCUT2D eigenvalue weighted by molar-refractivity contribution is 7.88. The van der Waals surface area contributed by atoms with Crippen LogP contribution in [-0.2, 0) is 14.8 Å². The van der Waals surface area contributed by atoms with Crippen LogP contribution in [0, 0.1) is 12.8 Å². The van der Waals surface area contributed by atoms with Gasteiger partial charge in [-0.1, -0.05) is 5.16 Å². The average molecular weight is 345 g/mol. The Balaban J connectivity index is 2.03. The molecule has 1 aliphatic heterocycles. The van der Waals surface area contributed by atoms with Gasteiger partial charge in [0.2, 0.25) is 15.8 Å². The van der Waals surface area contributed by atoms with Crippen molar-refractivity contribution in [2.45, 2.75) is 26.3 Å². The number of amides is 1. The number of nitrogens with one attached hydrogen (secondary N) is 1. The molecule has 1 N–H and O–H groups in total. The summed E-state index contributed by atoms with van der Waals surface area (Å²) in [6.07, 6.45) is 1.72. The van der Waals surface area contributed by atoms with Gasteiger partial charge in [0.1, 0.15) is 0 Å². The minimum absolute atomic E-state index is 0.0414. The zero-order valence-electron chi connectivity index (χ0n) is 13.6. The van der Waals surface area contributed by atoms with Crippen LogP contribution in [0.1, 0.15) is 29.6 Å². The molecule has 2 atom stereocenters. The molecule has 1 aliphatic rings. The summed E-state index contributed by atoms with van der Waals surface area (Å²) in [6, 6.07) is 1.53. The highest BCUT2D eigenvalue weighted by atomic mass is 32.2. The lowest BCUT2D eigenvalue weighted by Gasteiger charge is -2.30. The van der Waals surface area contributed by atoms with Gasteiger partial charge < -0.3 is 14.2 Å². The zero-order chi connectivity index (χ0) is 17.0. The summed E-state index contributed by atoms with van der Waals surface area (Å²) in [5, 5.41) is 3.75. The van der Waals surface area contributed by atoms with E-state index >= 15 is 0 Å². The highest BCUT2D eigenvalue weighted by Gasteiger charge is 2.32. The summed E-state index contributed by atoms with van der Waals surface area (Å²) < 4.78 is 35.4. The Morgan fingerprint density at radius 2 is 2.26 bits per heavy atom. The molecule has 1 saturated heterocycles. The fourth-order valence-electron chi connectivity index (χ4n) is 2.64. The van der Waals surface area contributed by atoms with Crippen LogP contribution in [0.4, 0.5) is 0 Å². The van der Waals surface area contributed by atoms with Crippen LogP contribution < -0.4 is 4.72 Å². The molecule has 1 fully saturated rings. The van der Waals surface area contributed by atoms with Gasteiger partial charge in [-0.3, -0.25) is 4.79 Å². The van der Waals surface area contributed by atoms with E-state index in [1.54, 1.807) is 17.9 Å². The zero-order valence-corrected chi connectivity index (χ0v) is 14.4. The molecule has 23 heavy (non-hydrogen) atoms. The van der Waals surface area contributed by atoms with E-state index in [-0.39, 0.29) is 23.6 Å². The topological polar surface area (TPSA) is 102 Å². The van der Waals surface area contributed by atoms with E-state index in [0.29, 0.717) is 38.4 Å². The standard InChI is InChI=1S/C14H23N3O5S/c1-10-8-13(22-16-10)14(18)17-6-7-21-9-12(11(17)2)4-5-15-23(3,19)20/h8,11-12,15H,4-7,9H2,1-3H3/t11-,12+/m0/s1. The molecular formula is C14H23N3O5S. The minimum Gasteiger partial charge on any atom is -0.379 e. The van der Waals surface area contributed by atoms with Gasteiger partial charge >= 0.3 is 0 Å². The molecule has 8 nitrogen and oxygen atoms in total. The van der Waals surface area contributed by atoms with Crippen molar-refractivity contribution in [3.8, 4) is 0 Å². The first-order valence-electron chi connectivity index (χ1n) is 7.54. The molecule has 0 spiro atoms. The number of hydrogen-bond acceptors (Lipinski definition) is 6. The molecule has 0 bridgehead atoms. The quantitative estimate of drug-likeness (QED) is 0.829. The smallest absolute Gasteiger partial charge is 0.292 e. The Kier molecular flexibility index (Phi) is 5.77. The SMILES string of the molecule is Cc1cc(C(=O)N2CCOC[C@@H](CCNS(C)(=O)=O)[C@@H]2C)on1. The highest BCUT2D eigenvalue weighted by Crippen LogP contribution is 2.21. The first-order chi connectivity index (χ1) is 10.8. The summed E-state index contributed by atoms with van der Waals surface area (Å²) in [5.74, 6) is 0.0358. The molecule has 130 valence electrons. The second-order valence-electron chi connectivity index (χ2n) is 5.86. The van der Waals surface area contributed by atoms with Crippen LogP contribution >= 0.6 is 0 Å². The minimum atomic E-state index is -3.22. The van der Waals surface area contributed by atoms with Crippen molar-refractivity contribution in [2.75, 3.05) is 32.6 Å². The summed E-state index contributed by atoms with van der Waals surface area (Å²) in [7, 11) is -3.22. The van der Waals surface area contributed by atoms with Crippen molar-refractivity contribution >= 4 is 15.9 Å². The molecule has 9 heteroatoms. The number of carbonyl (C=O) groups excluding carboxylic acids is 1. The normalized spacial score (nSPS) is 22.8. The van der Waals surface area contributed by atoms with E-state index in [2.05, 4.69) is 9.88 Å². The molecule has 0 unspecified atom stereocenters. The van der Waals surface area contributed by atoms with Gasteiger partial charge in [0.05, 0.1) is 25.2 Å². The lowest BCUT2D eigenvalue weighted by molar-refractivity contribution is 0.0616. The monoisotopic (exact) mass is 345 g/mol. The summed E-state index contributed by atoms with van der Waals surface area (Å²) >= 11 is 0. The number of nitrogens with zero attached hydrogens (tertiary/aromatic N) is 2. The van der Waals surface area contributed by atoms with E-state index in [0.717, 1.165) is 6.26 Å². The third kappa shape index (κ3) is 5.02. The van der Waals surface area contributed by atoms with Crippen molar-refractivity contribution < 1.29 is 22.5 Å². The average Bonchev–Trinajstić information content (AvgIpc) is 2.81. The van der Waals surface area contributed by atoms with Gasteiger partial charge in [0.25, 0.3) is 5.91 Å². The van der Waals surface area contributed by atoms with Gasteiger partial charge in [0.15, 0.2) is 0 Å². The van der Waals surface area contributed by atoms with E-state index < -0.39 is 10.0 Å². The first-order valence-corrected chi connectivity index (χ1v) is 9.44. The Labute approximate surface area is 136 Å². The van der Waals surface area contributed by atoms with Crippen molar-refractivity contribution in [3.63, 3.8) is 0 Å². The molecule has 0 radical (unpaired) electrons. The second-order valence-corrected chi connectivity index (χ2v) is 7.69. The van der Waals surface area contributed by atoms with Crippen molar-refractivity contribution in [2.24, 2.45) is 5.92 Å². The van der Waals surface area contributed by atoms with Gasteiger partial charge in [-0.05, 0) is 20.3 Å². The largest absolute Gasteiger partial charge is 0.379 e. The van der Waals surface area contributed by atoms with Gasteiger partial charge in [0, 0.05) is 31.1 Å². The van der Waals surface area contributed by atoms with Crippen molar-refractivity contribution in [1.82, 2.24) is 14.8 Å². The maximum Gasteiger partial charge on any atom is 0.292 e. The maximum absolute atomic E-state index is 12.6. The van der Waals surface area contributed by atoms with Crippen LogP contribution in [0.15, 0.2) is 10.6 Å². The van der Waals surface area contributed by atoms with Crippen LogP contribution in [0.2, 0.25) is 0 Å². The number of carbonyl (C=O) groups is 1.